The fourth-order valence-corrected chi connectivity index (χ4v) is 3.17. The van der Waals surface area contributed by atoms with E-state index in [0.29, 0.717) is 32.0 Å². The first kappa shape index (κ1) is 19.1. The number of halogens is 6. The molecule has 3 rings (SSSR count). The third kappa shape index (κ3) is 3.47. The number of nitrogens with zero attached hydrogens (tertiary/aromatic N) is 2. The fourth-order valence-electron chi connectivity index (χ4n) is 3.17. The molecular formula is C17H12F6N2O2. The Bertz CT molecular complexity index is 914. The van der Waals surface area contributed by atoms with Crippen molar-refractivity contribution in [3.8, 4) is 0 Å². The van der Waals surface area contributed by atoms with Crippen LogP contribution in [-0.2, 0) is 0 Å². The molecule has 1 fully saturated rings. The molecule has 4 nitrogen and oxygen atoms in total. The first-order chi connectivity index (χ1) is 12.5. The minimum absolute atomic E-state index is 0.0953. The van der Waals surface area contributed by atoms with Crippen molar-refractivity contribution in [2.45, 2.75) is 25.2 Å². The van der Waals surface area contributed by atoms with Crippen molar-refractivity contribution in [3.63, 3.8) is 0 Å². The zero-order valence-electron chi connectivity index (χ0n) is 13.6. The molecule has 27 heavy (non-hydrogen) atoms. The molecule has 0 atom stereocenters. The number of pyridine rings is 1. The van der Waals surface area contributed by atoms with Crippen LogP contribution in [0.1, 0.15) is 33.6 Å². The molecule has 10 heteroatoms. The lowest BCUT2D eigenvalue weighted by Crippen LogP contribution is -2.29. The fraction of sp³-hybridized carbons (Fsp3) is 0.353. The number of alkyl halides is 6. The summed E-state index contributed by atoms with van der Waals surface area (Å²) in [6.45, 7) is 0.684. The van der Waals surface area contributed by atoms with Crippen LogP contribution in [0.2, 0.25) is 0 Å². The number of anilines is 1. The summed E-state index contributed by atoms with van der Waals surface area (Å²) in [5, 5.41) is -0.0953. The average Bonchev–Trinajstić information content (AvgIpc) is 3.11. The van der Waals surface area contributed by atoms with Crippen molar-refractivity contribution in [1.29, 1.82) is 0 Å². The zero-order valence-corrected chi connectivity index (χ0v) is 13.6. The summed E-state index contributed by atoms with van der Waals surface area (Å²) < 4.78 is 78.0. The first-order valence-electron chi connectivity index (χ1n) is 7.91. The molecule has 0 amide bonds. The Labute approximate surface area is 148 Å². The van der Waals surface area contributed by atoms with Crippen molar-refractivity contribution < 1.29 is 35.9 Å². The van der Waals surface area contributed by atoms with Gasteiger partial charge in [-0.1, -0.05) is 0 Å². The Morgan fingerprint density at radius 2 is 1.48 bits per heavy atom. The number of hydrogen-bond donors (Lipinski definition) is 0. The lowest BCUT2D eigenvalue weighted by molar-refractivity contribution is -0.0886. The van der Waals surface area contributed by atoms with Gasteiger partial charge in [-0.05, 0) is 31.0 Å². The molecule has 1 aliphatic rings. The molecule has 1 saturated heterocycles. The van der Waals surface area contributed by atoms with Gasteiger partial charge in [0.15, 0.2) is 0 Å². The Kier molecular flexibility index (Phi) is 4.61. The van der Waals surface area contributed by atoms with E-state index >= 15 is 0 Å². The van der Waals surface area contributed by atoms with Gasteiger partial charge in [-0.15, -0.1) is 0 Å². The number of Topliss-reactive ketones (excluding diaryl/α,β-unsaturated/α-hetero) is 2. The van der Waals surface area contributed by atoms with Crippen molar-refractivity contribution in [2.24, 2.45) is 0 Å². The highest BCUT2D eigenvalue weighted by Gasteiger charge is 2.45. The minimum atomic E-state index is -5.32. The van der Waals surface area contributed by atoms with Gasteiger partial charge in [0, 0.05) is 24.7 Å². The van der Waals surface area contributed by atoms with Gasteiger partial charge >= 0.3 is 12.4 Å². The second kappa shape index (κ2) is 6.50. The van der Waals surface area contributed by atoms with Crippen LogP contribution in [0.3, 0.4) is 0 Å². The van der Waals surface area contributed by atoms with Crippen LogP contribution in [-0.4, -0.2) is 42.0 Å². The maximum atomic E-state index is 13.1. The molecule has 0 aliphatic carbocycles. The van der Waals surface area contributed by atoms with Crippen molar-refractivity contribution in [3.05, 3.63) is 35.5 Å². The Hall–Kier alpha value is -2.65. The van der Waals surface area contributed by atoms with Crippen LogP contribution < -0.4 is 4.90 Å². The molecule has 144 valence electrons. The number of fused-ring (bicyclic) bond motifs is 1. The van der Waals surface area contributed by atoms with Gasteiger partial charge in [-0.25, -0.2) is 0 Å². The number of aromatic nitrogens is 1. The van der Waals surface area contributed by atoms with Gasteiger partial charge in [0.05, 0.1) is 22.3 Å². The van der Waals surface area contributed by atoms with Crippen LogP contribution in [0, 0.1) is 0 Å². The lowest BCUT2D eigenvalue weighted by Gasteiger charge is -2.24. The normalized spacial score (nSPS) is 15.4. The Balaban J connectivity index is 2.38. The third-order valence-corrected chi connectivity index (χ3v) is 4.29. The van der Waals surface area contributed by atoms with Gasteiger partial charge in [-0.3, -0.25) is 14.6 Å². The molecule has 0 radical (unpaired) electrons. The average molecular weight is 390 g/mol. The number of carbonyl (C=O) groups is 2. The number of hydrogen-bond acceptors (Lipinski definition) is 4. The van der Waals surface area contributed by atoms with Crippen molar-refractivity contribution >= 4 is 28.2 Å². The molecule has 1 aromatic heterocycles. The molecule has 0 unspecified atom stereocenters. The van der Waals surface area contributed by atoms with E-state index in [2.05, 4.69) is 4.98 Å². The van der Waals surface area contributed by atoms with Gasteiger partial charge in [0.2, 0.25) is 0 Å². The number of benzene rings is 1. The maximum absolute atomic E-state index is 13.1. The second-order valence-electron chi connectivity index (χ2n) is 6.07. The minimum Gasteiger partial charge on any atom is -0.370 e. The van der Waals surface area contributed by atoms with Crippen LogP contribution in [0.15, 0.2) is 24.4 Å². The molecule has 1 aliphatic heterocycles. The molecule has 2 heterocycles. The second-order valence-corrected chi connectivity index (χ2v) is 6.07. The summed E-state index contributed by atoms with van der Waals surface area (Å²) in [6.07, 6.45) is -8.18. The summed E-state index contributed by atoms with van der Waals surface area (Å²) in [5.41, 5.74) is -2.58. The topological polar surface area (TPSA) is 50.3 Å². The summed E-state index contributed by atoms with van der Waals surface area (Å²) in [6, 6.07) is 2.95. The molecule has 2 aromatic rings. The van der Waals surface area contributed by atoms with Gasteiger partial charge < -0.3 is 4.90 Å². The van der Waals surface area contributed by atoms with E-state index in [1.807, 2.05) is 0 Å². The molecule has 0 saturated carbocycles. The van der Waals surface area contributed by atoms with E-state index in [9.17, 15) is 35.9 Å². The van der Waals surface area contributed by atoms with E-state index < -0.39 is 35.0 Å². The summed E-state index contributed by atoms with van der Waals surface area (Å²) >= 11 is 0. The predicted molar refractivity (Wildman–Crippen MR) is 84.0 cm³/mol. The standard InChI is InChI=1S/C17H12F6N2O2/c18-16(19,20)14(26)10-8-11(15(27)17(21,22)23)13(25-6-1-2-7-25)9-4-3-5-24-12(9)10/h3-5,8H,1-2,6-7H2. The molecule has 0 bridgehead atoms. The maximum Gasteiger partial charge on any atom is 0.454 e. The van der Waals surface area contributed by atoms with Crippen molar-refractivity contribution in [2.75, 3.05) is 18.0 Å². The summed E-state index contributed by atoms with van der Waals surface area (Å²) in [4.78, 5) is 29.0. The van der Waals surface area contributed by atoms with E-state index in [1.54, 1.807) is 0 Å². The van der Waals surface area contributed by atoms with E-state index in [1.165, 1.54) is 17.0 Å². The highest BCUT2D eigenvalue weighted by molar-refractivity contribution is 6.18. The lowest BCUT2D eigenvalue weighted by atomic mass is 9.96. The summed E-state index contributed by atoms with van der Waals surface area (Å²) in [5.74, 6) is -4.65. The smallest absolute Gasteiger partial charge is 0.370 e. The first-order valence-corrected chi connectivity index (χ1v) is 7.91. The third-order valence-electron chi connectivity index (χ3n) is 4.29. The molecule has 1 aromatic carbocycles. The summed E-state index contributed by atoms with van der Waals surface area (Å²) in [7, 11) is 0. The monoisotopic (exact) mass is 390 g/mol. The van der Waals surface area contributed by atoms with Crippen molar-refractivity contribution in [1.82, 2.24) is 4.98 Å². The quantitative estimate of drug-likeness (QED) is 0.579. The van der Waals surface area contributed by atoms with Gasteiger partial charge in [0.25, 0.3) is 11.6 Å². The SMILES string of the molecule is O=C(c1cc(C(=O)C(F)(F)F)c2ncccc2c1N1CCCC1)C(F)(F)F. The molecule has 0 spiro atoms. The van der Waals surface area contributed by atoms with Gasteiger partial charge in [0.1, 0.15) is 0 Å². The van der Waals surface area contributed by atoms with E-state index in [0.717, 1.165) is 6.20 Å². The Morgan fingerprint density at radius 3 is 2.04 bits per heavy atom. The van der Waals surface area contributed by atoms with E-state index in [4.69, 9.17) is 0 Å². The van der Waals surface area contributed by atoms with Crippen LogP contribution in [0.5, 0.6) is 0 Å². The number of ketones is 2. The van der Waals surface area contributed by atoms with Crippen LogP contribution >= 0.6 is 0 Å². The highest BCUT2D eigenvalue weighted by Crippen LogP contribution is 2.39. The van der Waals surface area contributed by atoms with Crippen LogP contribution in [0.25, 0.3) is 10.9 Å². The Morgan fingerprint density at radius 1 is 0.926 bits per heavy atom. The molecule has 0 N–H and O–H groups in total. The predicted octanol–water partition coefficient (Wildman–Crippen LogP) is 4.33. The van der Waals surface area contributed by atoms with Gasteiger partial charge in [-0.2, -0.15) is 26.3 Å². The zero-order chi connectivity index (χ0) is 20.0. The van der Waals surface area contributed by atoms with Crippen LogP contribution in [0.4, 0.5) is 32.0 Å². The largest absolute Gasteiger partial charge is 0.454 e. The highest BCUT2D eigenvalue weighted by atomic mass is 19.4. The number of carbonyl (C=O) groups excluding carboxylic acids is 2. The molecular weight excluding hydrogens is 378 g/mol. The van der Waals surface area contributed by atoms with E-state index in [-0.39, 0.29) is 16.6 Å². The number of rotatable bonds is 3.